The number of amides is 1. The lowest BCUT2D eigenvalue weighted by Crippen LogP contribution is -2.40. The molecule has 2 aromatic carbocycles. The first kappa shape index (κ1) is 21.4. The molecule has 0 spiro atoms. The largest absolute Gasteiger partial charge is 0.482 e. The van der Waals surface area contributed by atoms with E-state index in [2.05, 4.69) is 19.1 Å². The molecule has 0 aliphatic carbocycles. The SMILES string of the molecule is Cc1ccc(C)c2sc(N(CC3CCCO3)C(=O)COc3ccc(Cl)cc3Cl)nc12. The van der Waals surface area contributed by atoms with Gasteiger partial charge in [-0.3, -0.25) is 9.69 Å². The summed E-state index contributed by atoms with van der Waals surface area (Å²) >= 11 is 13.6. The Morgan fingerprint density at radius 3 is 2.77 bits per heavy atom. The summed E-state index contributed by atoms with van der Waals surface area (Å²) in [7, 11) is 0. The van der Waals surface area contributed by atoms with Crippen LogP contribution in [0.4, 0.5) is 5.13 Å². The van der Waals surface area contributed by atoms with Gasteiger partial charge < -0.3 is 9.47 Å². The maximum absolute atomic E-state index is 13.2. The molecule has 1 fully saturated rings. The van der Waals surface area contributed by atoms with Crippen molar-refractivity contribution in [3.63, 3.8) is 0 Å². The Labute approximate surface area is 189 Å². The van der Waals surface area contributed by atoms with Gasteiger partial charge in [0.25, 0.3) is 5.91 Å². The van der Waals surface area contributed by atoms with E-state index >= 15 is 0 Å². The minimum absolute atomic E-state index is 0.00211. The maximum atomic E-state index is 13.2. The first-order chi connectivity index (χ1) is 14.4. The highest BCUT2D eigenvalue weighted by Gasteiger charge is 2.27. The Hall–Kier alpha value is -1.86. The molecule has 2 heterocycles. The molecular formula is C22H22Cl2N2O3S. The zero-order valence-corrected chi connectivity index (χ0v) is 19.1. The Morgan fingerprint density at radius 1 is 1.27 bits per heavy atom. The Morgan fingerprint density at radius 2 is 2.07 bits per heavy atom. The molecule has 4 rings (SSSR count). The van der Waals surface area contributed by atoms with Crippen molar-refractivity contribution in [1.82, 2.24) is 4.98 Å². The number of nitrogens with zero attached hydrogens (tertiary/aromatic N) is 2. The molecule has 5 nitrogen and oxygen atoms in total. The van der Waals surface area contributed by atoms with Gasteiger partial charge in [-0.15, -0.1) is 0 Å². The number of ether oxygens (including phenoxy) is 2. The van der Waals surface area contributed by atoms with E-state index in [4.69, 9.17) is 37.7 Å². The molecular weight excluding hydrogens is 443 g/mol. The molecule has 30 heavy (non-hydrogen) atoms. The van der Waals surface area contributed by atoms with Gasteiger partial charge in [0.05, 0.1) is 27.9 Å². The lowest BCUT2D eigenvalue weighted by Gasteiger charge is -2.23. The first-order valence-electron chi connectivity index (χ1n) is 9.79. The zero-order valence-electron chi connectivity index (χ0n) is 16.8. The molecule has 8 heteroatoms. The van der Waals surface area contributed by atoms with Gasteiger partial charge in [0.2, 0.25) is 0 Å². The highest BCUT2D eigenvalue weighted by molar-refractivity contribution is 7.22. The van der Waals surface area contributed by atoms with Gasteiger partial charge in [-0.1, -0.05) is 46.7 Å². The summed E-state index contributed by atoms with van der Waals surface area (Å²) < 4.78 is 12.6. The van der Waals surface area contributed by atoms with E-state index in [1.807, 2.05) is 6.92 Å². The van der Waals surface area contributed by atoms with Crippen LogP contribution in [0, 0.1) is 13.8 Å². The second-order valence-corrected chi connectivity index (χ2v) is 9.20. The Bertz CT molecular complexity index is 1040. The van der Waals surface area contributed by atoms with Crippen LogP contribution in [0.2, 0.25) is 10.0 Å². The van der Waals surface area contributed by atoms with Gasteiger partial charge >= 0.3 is 0 Å². The van der Waals surface area contributed by atoms with E-state index in [0.717, 1.165) is 40.8 Å². The number of hydrogen-bond donors (Lipinski definition) is 0. The predicted molar refractivity (Wildman–Crippen MR) is 122 cm³/mol. The Balaban J connectivity index is 1.60. The number of fused-ring (bicyclic) bond motifs is 1. The molecule has 0 radical (unpaired) electrons. The number of anilines is 1. The zero-order chi connectivity index (χ0) is 21.3. The topological polar surface area (TPSA) is 51.7 Å². The van der Waals surface area contributed by atoms with Crippen molar-refractivity contribution in [1.29, 1.82) is 0 Å². The Kier molecular flexibility index (Phi) is 6.48. The summed E-state index contributed by atoms with van der Waals surface area (Å²) in [5.74, 6) is 0.230. The maximum Gasteiger partial charge on any atom is 0.266 e. The molecule has 1 aliphatic heterocycles. The highest BCUT2D eigenvalue weighted by atomic mass is 35.5. The summed E-state index contributed by atoms with van der Waals surface area (Å²) in [5, 5.41) is 1.54. The number of benzene rings is 2. The molecule has 158 valence electrons. The van der Waals surface area contributed by atoms with Crippen LogP contribution in [0.25, 0.3) is 10.2 Å². The van der Waals surface area contributed by atoms with E-state index in [0.29, 0.717) is 27.5 Å². The summed E-state index contributed by atoms with van der Waals surface area (Å²) in [4.78, 5) is 19.6. The minimum Gasteiger partial charge on any atom is -0.482 e. The number of halogens is 2. The van der Waals surface area contributed by atoms with Gasteiger partial charge in [0.1, 0.15) is 5.75 Å². The van der Waals surface area contributed by atoms with Crippen LogP contribution in [-0.2, 0) is 9.53 Å². The molecule has 1 saturated heterocycles. The molecule has 0 bridgehead atoms. The molecule has 1 unspecified atom stereocenters. The lowest BCUT2D eigenvalue weighted by atomic mass is 10.1. The summed E-state index contributed by atoms with van der Waals surface area (Å²) in [6.45, 7) is 5.11. The third kappa shape index (κ3) is 4.57. The van der Waals surface area contributed by atoms with Gasteiger partial charge in [0.15, 0.2) is 11.7 Å². The first-order valence-corrected chi connectivity index (χ1v) is 11.4. The van der Waals surface area contributed by atoms with Crippen molar-refractivity contribution in [2.24, 2.45) is 0 Å². The highest BCUT2D eigenvalue weighted by Crippen LogP contribution is 2.34. The van der Waals surface area contributed by atoms with E-state index in [-0.39, 0.29) is 18.6 Å². The average Bonchev–Trinajstić information content (AvgIpc) is 3.38. The normalized spacial score (nSPS) is 16.2. The van der Waals surface area contributed by atoms with Crippen molar-refractivity contribution >= 4 is 55.8 Å². The number of aryl methyl sites for hydroxylation is 2. The summed E-state index contributed by atoms with van der Waals surface area (Å²) in [6.07, 6.45) is 1.93. The number of hydrogen-bond acceptors (Lipinski definition) is 5. The third-order valence-corrected chi connectivity index (χ3v) is 6.86. The number of carbonyl (C=O) groups excluding carboxylic acids is 1. The second kappa shape index (κ2) is 9.10. The molecule has 0 saturated carbocycles. The molecule has 0 N–H and O–H groups in total. The van der Waals surface area contributed by atoms with Crippen LogP contribution in [0.15, 0.2) is 30.3 Å². The fourth-order valence-electron chi connectivity index (χ4n) is 3.45. The standard InChI is InChI=1S/C22H22Cl2N2O3S/c1-13-5-6-14(2)21-20(13)25-22(30-21)26(11-16-4-3-9-28-16)19(27)12-29-18-8-7-15(23)10-17(18)24/h5-8,10,16H,3-4,9,11-12H2,1-2H3. The van der Waals surface area contributed by atoms with E-state index in [1.165, 1.54) is 11.3 Å². The summed E-state index contributed by atoms with van der Waals surface area (Å²) in [5.41, 5.74) is 3.17. The van der Waals surface area contributed by atoms with Gasteiger partial charge in [-0.2, -0.15) is 0 Å². The number of thiazole rings is 1. The van der Waals surface area contributed by atoms with Crippen LogP contribution in [0.5, 0.6) is 5.75 Å². The smallest absolute Gasteiger partial charge is 0.266 e. The lowest BCUT2D eigenvalue weighted by molar-refractivity contribution is -0.120. The van der Waals surface area contributed by atoms with Crippen LogP contribution in [-0.4, -0.2) is 36.8 Å². The van der Waals surface area contributed by atoms with Crippen LogP contribution in [0.3, 0.4) is 0 Å². The van der Waals surface area contributed by atoms with Gasteiger partial charge in [0, 0.05) is 11.6 Å². The number of carbonyl (C=O) groups is 1. The fraction of sp³-hybridized carbons (Fsp3) is 0.364. The van der Waals surface area contributed by atoms with Gasteiger partial charge in [-0.05, 0) is 56.0 Å². The van der Waals surface area contributed by atoms with Crippen molar-refractivity contribution in [3.05, 3.63) is 51.5 Å². The monoisotopic (exact) mass is 464 g/mol. The fourth-order valence-corrected chi connectivity index (χ4v) is 5.05. The molecule has 1 aromatic heterocycles. The van der Waals surface area contributed by atoms with Crippen molar-refractivity contribution in [3.8, 4) is 5.75 Å². The second-order valence-electron chi connectivity index (χ2n) is 7.38. The van der Waals surface area contributed by atoms with Crippen molar-refractivity contribution in [2.45, 2.75) is 32.8 Å². The molecule has 1 amide bonds. The van der Waals surface area contributed by atoms with Crippen molar-refractivity contribution < 1.29 is 14.3 Å². The number of rotatable bonds is 6. The van der Waals surface area contributed by atoms with Crippen LogP contribution < -0.4 is 9.64 Å². The third-order valence-electron chi connectivity index (χ3n) is 5.12. The van der Waals surface area contributed by atoms with Crippen LogP contribution >= 0.6 is 34.5 Å². The number of aromatic nitrogens is 1. The molecule has 3 aromatic rings. The summed E-state index contributed by atoms with van der Waals surface area (Å²) in [6, 6.07) is 9.06. The van der Waals surface area contributed by atoms with Crippen LogP contribution in [0.1, 0.15) is 24.0 Å². The molecule has 1 aliphatic rings. The quantitative estimate of drug-likeness (QED) is 0.461. The molecule has 1 atom stereocenters. The van der Waals surface area contributed by atoms with E-state index < -0.39 is 0 Å². The predicted octanol–water partition coefficient (Wildman–Crippen LogP) is 5.81. The van der Waals surface area contributed by atoms with E-state index in [9.17, 15) is 4.79 Å². The minimum atomic E-state index is -0.189. The van der Waals surface area contributed by atoms with Crippen molar-refractivity contribution in [2.75, 3.05) is 24.7 Å². The average molecular weight is 465 g/mol. The van der Waals surface area contributed by atoms with E-state index in [1.54, 1.807) is 23.1 Å². The van der Waals surface area contributed by atoms with Gasteiger partial charge in [-0.25, -0.2) is 4.98 Å².